The van der Waals surface area contributed by atoms with Crippen molar-refractivity contribution in [3.63, 3.8) is 0 Å². The molecule has 0 aliphatic rings. The Morgan fingerprint density at radius 3 is 2.35 bits per heavy atom. The van der Waals surface area contributed by atoms with Crippen LogP contribution in [0.25, 0.3) is 10.9 Å². The Kier molecular flexibility index (Phi) is 4.08. The standard InChI is InChI=1S/C17H16ClNO3S/c1-12(18)16-11-19(17-6-4-3-5-15(16)17)23(20,21)14-9-7-13(22-2)8-10-14/h3-12H,1-2H3. The molecule has 23 heavy (non-hydrogen) atoms. The zero-order valence-electron chi connectivity index (χ0n) is 12.7. The lowest BCUT2D eigenvalue weighted by Gasteiger charge is -2.08. The summed E-state index contributed by atoms with van der Waals surface area (Å²) in [6.45, 7) is 1.83. The Bertz CT molecular complexity index is 944. The molecule has 1 unspecified atom stereocenters. The van der Waals surface area contributed by atoms with E-state index in [9.17, 15) is 8.42 Å². The zero-order valence-corrected chi connectivity index (χ0v) is 14.3. The lowest BCUT2D eigenvalue weighted by Crippen LogP contribution is -2.11. The van der Waals surface area contributed by atoms with Crippen molar-refractivity contribution in [1.29, 1.82) is 0 Å². The second kappa shape index (κ2) is 5.91. The van der Waals surface area contributed by atoms with E-state index in [1.165, 1.54) is 23.2 Å². The second-order valence-electron chi connectivity index (χ2n) is 5.19. The van der Waals surface area contributed by atoms with Crippen LogP contribution in [0.5, 0.6) is 5.75 Å². The van der Waals surface area contributed by atoms with Gasteiger partial charge >= 0.3 is 0 Å². The molecular formula is C17H16ClNO3S. The predicted octanol–water partition coefficient (Wildman–Crippen LogP) is 4.19. The normalized spacial score (nSPS) is 13.2. The molecule has 0 aliphatic heterocycles. The summed E-state index contributed by atoms with van der Waals surface area (Å²) < 4.78 is 32.3. The summed E-state index contributed by atoms with van der Waals surface area (Å²) in [7, 11) is -2.16. The Labute approximate surface area is 140 Å². The van der Waals surface area contributed by atoms with Crippen LogP contribution in [0.1, 0.15) is 17.9 Å². The van der Waals surface area contributed by atoms with Crippen LogP contribution < -0.4 is 4.74 Å². The van der Waals surface area contributed by atoms with Crippen LogP contribution in [-0.2, 0) is 10.0 Å². The van der Waals surface area contributed by atoms with Gasteiger partial charge in [0.2, 0.25) is 0 Å². The molecule has 0 saturated heterocycles. The van der Waals surface area contributed by atoms with Crippen molar-refractivity contribution in [1.82, 2.24) is 3.97 Å². The molecule has 3 aromatic rings. The highest BCUT2D eigenvalue weighted by molar-refractivity contribution is 7.90. The van der Waals surface area contributed by atoms with Crippen LogP contribution in [0.15, 0.2) is 59.6 Å². The Hall–Kier alpha value is -1.98. The number of methoxy groups -OCH3 is 1. The third-order valence-corrected chi connectivity index (χ3v) is 5.68. The summed E-state index contributed by atoms with van der Waals surface area (Å²) in [6.07, 6.45) is 1.60. The quantitative estimate of drug-likeness (QED) is 0.664. The zero-order chi connectivity index (χ0) is 16.6. The van der Waals surface area contributed by atoms with Gasteiger partial charge in [-0.05, 0) is 42.8 Å². The van der Waals surface area contributed by atoms with E-state index >= 15 is 0 Å². The van der Waals surface area contributed by atoms with Gasteiger partial charge in [-0.2, -0.15) is 0 Å². The fourth-order valence-electron chi connectivity index (χ4n) is 2.55. The molecule has 6 heteroatoms. The van der Waals surface area contributed by atoms with Crippen LogP contribution in [0, 0.1) is 0 Å². The minimum absolute atomic E-state index is 0.202. The maximum absolute atomic E-state index is 13.0. The SMILES string of the molecule is COc1ccc(S(=O)(=O)n2cc(C(C)Cl)c3ccccc32)cc1. The number of alkyl halides is 1. The molecule has 0 bridgehead atoms. The molecular weight excluding hydrogens is 334 g/mol. The number of rotatable bonds is 4. The van der Waals surface area contributed by atoms with Gasteiger partial charge in [-0.1, -0.05) is 18.2 Å². The molecule has 0 aliphatic carbocycles. The number of halogens is 1. The third kappa shape index (κ3) is 2.71. The van der Waals surface area contributed by atoms with Crippen molar-refractivity contribution in [3.05, 3.63) is 60.3 Å². The largest absolute Gasteiger partial charge is 0.497 e. The number of aromatic nitrogens is 1. The van der Waals surface area contributed by atoms with Crippen molar-refractivity contribution >= 4 is 32.5 Å². The number of fused-ring (bicyclic) bond motifs is 1. The molecule has 1 atom stereocenters. The first-order chi connectivity index (χ1) is 10.9. The maximum Gasteiger partial charge on any atom is 0.268 e. The van der Waals surface area contributed by atoms with Gasteiger partial charge in [-0.25, -0.2) is 12.4 Å². The van der Waals surface area contributed by atoms with E-state index < -0.39 is 10.0 Å². The van der Waals surface area contributed by atoms with Crippen molar-refractivity contribution in [3.8, 4) is 5.75 Å². The molecule has 0 N–H and O–H groups in total. The third-order valence-electron chi connectivity index (χ3n) is 3.75. The molecule has 1 heterocycles. The molecule has 0 fully saturated rings. The highest BCUT2D eigenvalue weighted by Gasteiger charge is 2.22. The predicted molar refractivity (Wildman–Crippen MR) is 91.8 cm³/mol. The van der Waals surface area contributed by atoms with Crippen molar-refractivity contribution in [2.75, 3.05) is 7.11 Å². The highest BCUT2D eigenvalue weighted by atomic mass is 35.5. The maximum atomic E-state index is 13.0. The molecule has 1 aromatic heterocycles. The summed E-state index contributed by atoms with van der Waals surface area (Å²) in [5.41, 5.74) is 1.41. The number of ether oxygens (including phenoxy) is 1. The van der Waals surface area contributed by atoms with Crippen molar-refractivity contribution in [2.45, 2.75) is 17.2 Å². The van der Waals surface area contributed by atoms with E-state index in [0.717, 1.165) is 10.9 Å². The van der Waals surface area contributed by atoms with Crippen LogP contribution in [0.3, 0.4) is 0 Å². The van der Waals surface area contributed by atoms with Crippen LogP contribution in [0.4, 0.5) is 0 Å². The van der Waals surface area contributed by atoms with E-state index in [1.807, 2.05) is 25.1 Å². The van der Waals surface area contributed by atoms with Gasteiger partial charge in [-0.3, -0.25) is 0 Å². The number of hydrogen-bond acceptors (Lipinski definition) is 3. The molecule has 0 spiro atoms. The number of para-hydroxylation sites is 1. The molecule has 3 rings (SSSR count). The lowest BCUT2D eigenvalue weighted by molar-refractivity contribution is 0.414. The average Bonchev–Trinajstić information content (AvgIpc) is 2.95. The van der Waals surface area contributed by atoms with E-state index in [1.54, 1.807) is 24.4 Å². The van der Waals surface area contributed by atoms with E-state index in [0.29, 0.717) is 11.3 Å². The van der Waals surface area contributed by atoms with Gasteiger partial charge < -0.3 is 4.74 Å². The van der Waals surface area contributed by atoms with Crippen molar-refractivity contribution in [2.24, 2.45) is 0 Å². The van der Waals surface area contributed by atoms with Gasteiger partial charge in [0.1, 0.15) is 5.75 Å². The van der Waals surface area contributed by atoms with Gasteiger partial charge in [-0.15, -0.1) is 11.6 Å². The molecule has 0 saturated carbocycles. The first kappa shape index (κ1) is 15.9. The fourth-order valence-corrected chi connectivity index (χ4v) is 4.10. The summed E-state index contributed by atoms with van der Waals surface area (Å²) in [5.74, 6) is 0.608. The first-order valence-corrected chi connectivity index (χ1v) is 8.96. The molecule has 120 valence electrons. The Morgan fingerprint density at radius 1 is 1.09 bits per heavy atom. The fraction of sp³-hybridized carbons (Fsp3) is 0.176. The van der Waals surface area contributed by atoms with Crippen LogP contribution in [0.2, 0.25) is 0 Å². The Morgan fingerprint density at radius 2 is 1.74 bits per heavy atom. The van der Waals surface area contributed by atoms with Crippen LogP contribution in [-0.4, -0.2) is 19.5 Å². The smallest absolute Gasteiger partial charge is 0.268 e. The van der Waals surface area contributed by atoms with Gasteiger partial charge in [0.15, 0.2) is 0 Å². The van der Waals surface area contributed by atoms with E-state index in [2.05, 4.69) is 0 Å². The second-order valence-corrected chi connectivity index (χ2v) is 7.66. The first-order valence-electron chi connectivity index (χ1n) is 7.09. The molecule has 0 amide bonds. The van der Waals surface area contributed by atoms with E-state index in [-0.39, 0.29) is 10.3 Å². The van der Waals surface area contributed by atoms with Crippen LogP contribution >= 0.6 is 11.6 Å². The molecule has 4 nitrogen and oxygen atoms in total. The highest BCUT2D eigenvalue weighted by Crippen LogP contribution is 2.32. The monoisotopic (exact) mass is 349 g/mol. The lowest BCUT2D eigenvalue weighted by atomic mass is 10.1. The Balaban J connectivity index is 2.22. The summed E-state index contributed by atoms with van der Waals surface area (Å²) in [4.78, 5) is 0.202. The minimum Gasteiger partial charge on any atom is -0.497 e. The van der Waals surface area contributed by atoms with Gasteiger partial charge in [0, 0.05) is 11.6 Å². The summed E-state index contributed by atoms with van der Waals surface area (Å²) in [5, 5.41) is 0.555. The molecule has 0 radical (unpaired) electrons. The van der Waals surface area contributed by atoms with Gasteiger partial charge in [0.25, 0.3) is 10.0 Å². The van der Waals surface area contributed by atoms with E-state index in [4.69, 9.17) is 16.3 Å². The summed E-state index contributed by atoms with van der Waals surface area (Å²) >= 11 is 6.21. The van der Waals surface area contributed by atoms with Crippen molar-refractivity contribution < 1.29 is 13.2 Å². The summed E-state index contributed by atoms with van der Waals surface area (Å²) in [6, 6.07) is 13.7. The number of nitrogens with zero attached hydrogens (tertiary/aromatic N) is 1. The topological polar surface area (TPSA) is 48.3 Å². The average molecular weight is 350 g/mol. The van der Waals surface area contributed by atoms with Gasteiger partial charge in [0.05, 0.1) is 22.9 Å². The number of hydrogen-bond donors (Lipinski definition) is 0. The minimum atomic E-state index is -3.70. The molecule has 2 aromatic carbocycles. The number of benzene rings is 2.